The summed E-state index contributed by atoms with van der Waals surface area (Å²) in [5, 5.41) is 3.68. The first-order chi connectivity index (χ1) is 10.2. The molecule has 3 heteroatoms. The van der Waals surface area contributed by atoms with Gasteiger partial charge >= 0.3 is 5.97 Å². The van der Waals surface area contributed by atoms with Crippen LogP contribution in [0.2, 0.25) is 0 Å². The van der Waals surface area contributed by atoms with Gasteiger partial charge in [-0.1, -0.05) is 36.6 Å². The van der Waals surface area contributed by atoms with Crippen LogP contribution in [0.3, 0.4) is 0 Å². The van der Waals surface area contributed by atoms with E-state index in [-0.39, 0.29) is 5.97 Å². The largest absolute Gasteiger partial charge is 0.464 e. The van der Waals surface area contributed by atoms with Crippen LogP contribution >= 0.6 is 0 Å². The van der Waals surface area contributed by atoms with Gasteiger partial charge in [0.05, 0.1) is 6.61 Å². The second kappa shape index (κ2) is 5.80. The van der Waals surface area contributed by atoms with Crippen LogP contribution in [0, 0.1) is 6.92 Å². The van der Waals surface area contributed by atoms with Gasteiger partial charge < -0.3 is 4.74 Å². The summed E-state index contributed by atoms with van der Waals surface area (Å²) in [4.78, 5) is 12.7. The second-order valence-electron chi connectivity index (χ2n) is 6.41. The smallest absolute Gasteiger partial charge is 0.331 e. The zero-order chi connectivity index (χ0) is 14.9. The molecular weight excluding hydrogens is 262 g/mol. The number of rotatable bonds is 4. The highest BCUT2D eigenvalue weighted by Crippen LogP contribution is 2.40. The Bertz CT molecular complexity index is 534. The zero-order valence-corrected chi connectivity index (χ0v) is 13.1. The lowest BCUT2D eigenvalue weighted by atomic mass is 9.89. The highest BCUT2D eigenvalue weighted by molar-refractivity contribution is 5.84. The van der Waals surface area contributed by atoms with E-state index in [4.69, 9.17) is 4.74 Å². The normalized spacial score (nSPS) is 25.0. The van der Waals surface area contributed by atoms with Crippen molar-refractivity contribution in [2.24, 2.45) is 0 Å². The number of ether oxygens (including phenoxy) is 1. The second-order valence-corrected chi connectivity index (χ2v) is 6.41. The Balaban J connectivity index is 1.98. The first-order valence-corrected chi connectivity index (χ1v) is 8.20. The van der Waals surface area contributed by atoms with Gasteiger partial charge in [-0.05, 0) is 50.7 Å². The summed E-state index contributed by atoms with van der Waals surface area (Å²) in [5.74, 6) is -0.0961. The molecule has 114 valence electrons. The van der Waals surface area contributed by atoms with E-state index in [0.29, 0.717) is 12.6 Å². The van der Waals surface area contributed by atoms with Crippen molar-refractivity contribution in [2.75, 3.05) is 6.61 Å². The molecule has 1 N–H and O–H groups in total. The zero-order valence-electron chi connectivity index (χ0n) is 13.1. The number of nitrogens with one attached hydrogen (secondary N) is 1. The van der Waals surface area contributed by atoms with Gasteiger partial charge in [0, 0.05) is 6.04 Å². The van der Waals surface area contributed by atoms with Crippen LogP contribution in [0.1, 0.15) is 55.7 Å². The lowest BCUT2D eigenvalue weighted by Gasteiger charge is -2.32. The van der Waals surface area contributed by atoms with Gasteiger partial charge in [0.15, 0.2) is 0 Å². The van der Waals surface area contributed by atoms with E-state index in [2.05, 4.69) is 30.4 Å². The molecule has 1 unspecified atom stereocenters. The molecule has 3 nitrogen and oxygen atoms in total. The molecule has 21 heavy (non-hydrogen) atoms. The summed E-state index contributed by atoms with van der Waals surface area (Å²) < 4.78 is 5.43. The van der Waals surface area contributed by atoms with Gasteiger partial charge in [0.2, 0.25) is 0 Å². The molecule has 2 aliphatic rings. The molecule has 0 aromatic heterocycles. The Labute approximate surface area is 127 Å². The summed E-state index contributed by atoms with van der Waals surface area (Å²) in [6.45, 7) is 4.41. The molecule has 0 radical (unpaired) electrons. The molecule has 0 saturated heterocycles. The van der Waals surface area contributed by atoms with E-state index >= 15 is 0 Å². The number of carbonyl (C=O) groups is 1. The molecule has 0 aliphatic heterocycles. The van der Waals surface area contributed by atoms with Crippen LogP contribution < -0.4 is 5.32 Å². The fraction of sp³-hybridized carbons (Fsp3) is 0.611. The highest BCUT2D eigenvalue weighted by Gasteiger charge is 2.47. The maximum Gasteiger partial charge on any atom is 0.331 e. The van der Waals surface area contributed by atoms with Crippen LogP contribution in [0.15, 0.2) is 18.2 Å². The molecule has 0 amide bonds. The first-order valence-electron chi connectivity index (χ1n) is 8.20. The molecule has 1 saturated carbocycles. The minimum Gasteiger partial charge on any atom is -0.464 e. The SMILES string of the molecule is CCOC(=O)C1(NC2CCCC2)CCc2ccc(C)cc21. The standard InChI is InChI=1S/C18H25NO2/c1-3-21-17(20)18(19-15-6-4-5-7-15)11-10-14-9-8-13(2)12-16(14)18/h8-9,12,15,19H,3-7,10-11H2,1-2H3. The first kappa shape index (κ1) is 14.6. The Morgan fingerprint density at radius 3 is 2.86 bits per heavy atom. The van der Waals surface area contributed by atoms with Crippen molar-refractivity contribution < 1.29 is 9.53 Å². The maximum atomic E-state index is 12.7. The molecular formula is C18H25NO2. The monoisotopic (exact) mass is 287 g/mol. The average Bonchev–Trinajstić information content (AvgIpc) is 3.09. The molecule has 0 spiro atoms. The van der Waals surface area contributed by atoms with E-state index in [9.17, 15) is 4.79 Å². The number of carbonyl (C=O) groups excluding carboxylic acids is 1. The summed E-state index contributed by atoms with van der Waals surface area (Å²) >= 11 is 0. The lowest BCUT2D eigenvalue weighted by Crippen LogP contribution is -2.52. The predicted molar refractivity (Wildman–Crippen MR) is 83.2 cm³/mol. The Morgan fingerprint density at radius 2 is 2.14 bits per heavy atom. The fourth-order valence-corrected chi connectivity index (χ4v) is 3.86. The fourth-order valence-electron chi connectivity index (χ4n) is 3.86. The molecule has 0 bridgehead atoms. The van der Waals surface area contributed by atoms with Crippen LogP contribution in [-0.2, 0) is 21.5 Å². The highest BCUT2D eigenvalue weighted by atomic mass is 16.5. The van der Waals surface area contributed by atoms with Crippen molar-refractivity contribution in [3.63, 3.8) is 0 Å². The van der Waals surface area contributed by atoms with Crippen molar-refractivity contribution in [3.05, 3.63) is 34.9 Å². The molecule has 1 atom stereocenters. The average molecular weight is 287 g/mol. The van der Waals surface area contributed by atoms with Crippen LogP contribution in [-0.4, -0.2) is 18.6 Å². The summed E-state index contributed by atoms with van der Waals surface area (Å²) in [6, 6.07) is 6.92. The third kappa shape index (κ3) is 2.59. The van der Waals surface area contributed by atoms with Gasteiger partial charge in [0.1, 0.15) is 5.54 Å². The topological polar surface area (TPSA) is 38.3 Å². The summed E-state index contributed by atoms with van der Waals surface area (Å²) in [7, 11) is 0. The molecule has 1 aromatic carbocycles. The van der Waals surface area contributed by atoms with Crippen molar-refractivity contribution in [1.29, 1.82) is 0 Å². The number of benzene rings is 1. The number of hydrogen-bond acceptors (Lipinski definition) is 3. The van der Waals surface area contributed by atoms with E-state index in [1.807, 2.05) is 6.92 Å². The van der Waals surface area contributed by atoms with Crippen molar-refractivity contribution in [1.82, 2.24) is 5.32 Å². The van der Waals surface area contributed by atoms with Crippen LogP contribution in [0.25, 0.3) is 0 Å². The quantitative estimate of drug-likeness (QED) is 0.864. The number of esters is 1. The number of aryl methyl sites for hydroxylation is 2. The van der Waals surface area contributed by atoms with E-state index < -0.39 is 5.54 Å². The lowest BCUT2D eigenvalue weighted by molar-refractivity contribution is -0.152. The number of hydrogen-bond donors (Lipinski definition) is 1. The minimum atomic E-state index is -0.619. The van der Waals surface area contributed by atoms with E-state index in [1.165, 1.54) is 36.8 Å². The van der Waals surface area contributed by atoms with Gasteiger partial charge in [-0.3, -0.25) is 5.32 Å². The van der Waals surface area contributed by atoms with Crippen molar-refractivity contribution in [2.45, 2.75) is 64.0 Å². The van der Waals surface area contributed by atoms with Crippen molar-refractivity contribution in [3.8, 4) is 0 Å². The molecule has 3 rings (SSSR count). The summed E-state index contributed by atoms with van der Waals surface area (Å²) in [6.07, 6.45) is 6.63. The minimum absolute atomic E-state index is 0.0961. The molecule has 0 heterocycles. The molecule has 1 fully saturated rings. The number of fused-ring (bicyclic) bond motifs is 1. The van der Waals surface area contributed by atoms with Gasteiger partial charge in [0.25, 0.3) is 0 Å². The van der Waals surface area contributed by atoms with Gasteiger partial charge in [-0.25, -0.2) is 4.79 Å². The Hall–Kier alpha value is -1.35. The van der Waals surface area contributed by atoms with Crippen LogP contribution in [0.4, 0.5) is 0 Å². The Morgan fingerprint density at radius 1 is 1.38 bits per heavy atom. The van der Waals surface area contributed by atoms with Crippen LogP contribution in [0.5, 0.6) is 0 Å². The third-order valence-electron chi connectivity index (χ3n) is 4.92. The Kier molecular flexibility index (Phi) is 4.03. The van der Waals surface area contributed by atoms with E-state index in [0.717, 1.165) is 18.4 Å². The summed E-state index contributed by atoms with van der Waals surface area (Å²) in [5.41, 5.74) is 3.02. The van der Waals surface area contributed by atoms with E-state index in [1.54, 1.807) is 0 Å². The van der Waals surface area contributed by atoms with Crippen molar-refractivity contribution >= 4 is 5.97 Å². The predicted octanol–water partition coefficient (Wildman–Crippen LogP) is 3.23. The molecule has 1 aromatic rings. The molecule has 2 aliphatic carbocycles. The van der Waals surface area contributed by atoms with Gasteiger partial charge in [-0.15, -0.1) is 0 Å². The van der Waals surface area contributed by atoms with Gasteiger partial charge in [-0.2, -0.15) is 0 Å². The third-order valence-corrected chi connectivity index (χ3v) is 4.92. The maximum absolute atomic E-state index is 12.7.